The highest BCUT2D eigenvalue weighted by Crippen LogP contribution is 2.26. The molecule has 0 amide bonds. The van der Waals surface area contributed by atoms with Crippen LogP contribution in [0.2, 0.25) is 0 Å². The van der Waals surface area contributed by atoms with E-state index in [4.69, 9.17) is 5.11 Å². The second-order valence-corrected chi connectivity index (χ2v) is 3.13. The van der Waals surface area contributed by atoms with Gasteiger partial charge in [0, 0.05) is 12.0 Å². The Labute approximate surface area is 70.6 Å². The highest BCUT2D eigenvalue weighted by Gasteiger charge is 2.47. The van der Waals surface area contributed by atoms with Gasteiger partial charge < -0.3 is 25.7 Å². The van der Waals surface area contributed by atoms with E-state index in [1.807, 2.05) is 0 Å². The summed E-state index contributed by atoms with van der Waals surface area (Å²) in [7, 11) is 1.61. The molecule has 5 nitrogen and oxygen atoms in total. The molecule has 5 atom stereocenters. The minimum Gasteiger partial charge on any atom is -0.396 e. The zero-order chi connectivity index (χ0) is 9.30. The van der Waals surface area contributed by atoms with E-state index in [0.29, 0.717) is 0 Å². The summed E-state index contributed by atoms with van der Waals surface area (Å²) in [6.07, 6.45) is -3.23. The zero-order valence-corrected chi connectivity index (χ0v) is 6.88. The predicted octanol–water partition coefficient (Wildman–Crippen LogP) is -2.72. The maximum absolute atomic E-state index is 9.35. The third kappa shape index (κ3) is 1.34. The maximum atomic E-state index is 9.35. The fourth-order valence-corrected chi connectivity index (χ4v) is 1.74. The van der Waals surface area contributed by atoms with Crippen LogP contribution < -0.4 is 5.32 Å². The summed E-state index contributed by atoms with van der Waals surface area (Å²) in [5, 5.41) is 39.5. The van der Waals surface area contributed by atoms with Crippen molar-refractivity contribution in [2.24, 2.45) is 5.92 Å². The first-order valence-corrected chi connectivity index (χ1v) is 3.95. The molecule has 0 bridgehead atoms. The number of nitrogens with one attached hydrogen (secondary N) is 1. The molecule has 0 radical (unpaired) electrons. The Morgan fingerprint density at radius 2 is 1.67 bits per heavy atom. The van der Waals surface area contributed by atoms with Gasteiger partial charge in [-0.3, -0.25) is 0 Å². The van der Waals surface area contributed by atoms with Crippen LogP contribution in [0.25, 0.3) is 0 Å². The van der Waals surface area contributed by atoms with Crippen LogP contribution in [0.1, 0.15) is 0 Å². The number of likely N-dealkylation sites (N-methyl/N-ethyl adjacent to an activating group) is 1. The van der Waals surface area contributed by atoms with Crippen molar-refractivity contribution in [3.8, 4) is 0 Å². The summed E-state index contributed by atoms with van der Waals surface area (Å²) >= 11 is 0. The molecular formula is C7H15NO4. The molecule has 0 aromatic carbocycles. The van der Waals surface area contributed by atoms with E-state index in [9.17, 15) is 15.3 Å². The lowest BCUT2D eigenvalue weighted by Gasteiger charge is -2.19. The summed E-state index contributed by atoms with van der Waals surface area (Å²) in [5.41, 5.74) is 0. The average Bonchev–Trinajstić information content (AvgIpc) is 2.29. The molecule has 0 unspecified atom stereocenters. The van der Waals surface area contributed by atoms with Gasteiger partial charge in [0.05, 0.1) is 18.8 Å². The van der Waals surface area contributed by atoms with Crippen LogP contribution in [0.4, 0.5) is 0 Å². The van der Waals surface area contributed by atoms with Crippen molar-refractivity contribution >= 4 is 0 Å². The van der Waals surface area contributed by atoms with E-state index in [0.717, 1.165) is 0 Å². The lowest BCUT2D eigenvalue weighted by atomic mass is 10.0. The van der Waals surface area contributed by atoms with Crippen LogP contribution in [-0.4, -0.2) is 58.4 Å². The van der Waals surface area contributed by atoms with E-state index in [-0.39, 0.29) is 6.61 Å². The van der Waals surface area contributed by atoms with E-state index in [1.165, 1.54) is 0 Å². The Kier molecular flexibility index (Phi) is 3.03. The quantitative estimate of drug-likeness (QED) is 0.316. The Morgan fingerprint density at radius 3 is 2.00 bits per heavy atom. The van der Waals surface area contributed by atoms with Gasteiger partial charge in [0.25, 0.3) is 0 Å². The third-order valence-electron chi connectivity index (χ3n) is 2.51. The van der Waals surface area contributed by atoms with Gasteiger partial charge in [0.15, 0.2) is 0 Å². The van der Waals surface area contributed by atoms with Crippen LogP contribution in [0.3, 0.4) is 0 Å². The molecule has 0 aromatic heterocycles. The minimum atomic E-state index is -1.17. The molecule has 12 heavy (non-hydrogen) atoms. The molecule has 0 aromatic rings. The first-order valence-electron chi connectivity index (χ1n) is 3.95. The van der Waals surface area contributed by atoms with Crippen LogP contribution in [0.15, 0.2) is 0 Å². The summed E-state index contributed by atoms with van der Waals surface area (Å²) in [6.45, 7) is -0.249. The molecule has 0 aliphatic heterocycles. The van der Waals surface area contributed by atoms with Crippen molar-refractivity contribution in [2.75, 3.05) is 13.7 Å². The molecule has 1 aliphatic rings. The number of aliphatic hydroxyl groups is 4. The van der Waals surface area contributed by atoms with Crippen molar-refractivity contribution in [2.45, 2.75) is 24.4 Å². The molecule has 1 fully saturated rings. The number of aliphatic hydroxyl groups excluding tert-OH is 4. The van der Waals surface area contributed by atoms with Crippen molar-refractivity contribution in [3.63, 3.8) is 0 Å². The Hall–Kier alpha value is -0.200. The fraction of sp³-hybridized carbons (Fsp3) is 1.00. The maximum Gasteiger partial charge on any atom is 0.108 e. The van der Waals surface area contributed by atoms with Crippen LogP contribution >= 0.6 is 0 Å². The molecular weight excluding hydrogens is 162 g/mol. The van der Waals surface area contributed by atoms with Crippen molar-refractivity contribution in [3.05, 3.63) is 0 Å². The smallest absolute Gasteiger partial charge is 0.108 e. The Bertz CT molecular complexity index is 138. The predicted molar refractivity (Wildman–Crippen MR) is 41.4 cm³/mol. The molecule has 1 rings (SSSR count). The SMILES string of the molecule is CN[C@H]1[C@@H](O)[C@@H](O)[C@H](O)[C@H]1CO. The molecule has 0 heterocycles. The van der Waals surface area contributed by atoms with Crippen molar-refractivity contribution in [1.29, 1.82) is 0 Å². The second-order valence-electron chi connectivity index (χ2n) is 3.13. The molecule has 72 valence electrons. The Balaban J connectivity index is 2.72. The van der Waals surface area contributed by atoms with Gasteiger partial charge in [-0.1, -0.05) is 0 Å². The van der Waals surface area contributed by atoms with Crippen LogP contribution in [-0.2, 0) is 0 Å². The standard InChI is InChI=1S/C7H15NO4/c1-8-4-3(2-9)5(10)7(12)6(4)11/h3-12H,2H2,1H3/t3-,4+,5+,6+,7-/m0/s1. The van der Waals surface area contributed by atoms with Gasteiger partial charge in [0.1, 0.15) is 6.10 Å². The largest absolute Gasteiger partial charge is 0.396 e. The molecule has 5 heteroatoms. The normalized spacial score (nSPS) is 48.2. The third-order valence-corrected chi connectivity index (χ3v) is 2.51. The van der Waals surface area contributed by atoms with Gasteiger partial charge in [-0.25, -0.2) is 0 Å². The van der Waals surface area contributed by atoms with Crippen LogP contribution in [0.5, 0.6) is 0 Å². The zero-order valence-electron chi connectivity index (χ0n) is 6.88. The first-order chi connectivity index (χ1) is 5.63. The van der Waals surface area contributed by atoms with Gasteiger partial charge in [0.2, 0.25) is 0 Å². The van der Waals surface area contributed by atoms with E-state index in [2.05, 4.69) is 5.32 Å². The molecule has 5 N–H and O–H groups in total. The van der Waals surface area contributed by atoms with Gasteiger partial charge in [-0.15, -0.1) is 0 Å². The van der Waals surface area contributed by atoms with E-state index < -0.39 is 30.3 Å². The summed E-state index contributed by atoms with van der Waals surface area (Å²) < 4.78 is 0. The van der Waals surface area contributed by atoms with Gasteiger partial charge in [-0.2, -0.15) is 0 Å². The van der Waals surface area contributed by atoms with E-state index in [1.54, 1.807) is 7.05 Å². The highest BCUT2D eigenvalue weighted by molar-refractivity contribution is 5.01. The Morgan fingerprint density at radius 1 is 1.08 bits per heavy atom. The highest BCUT2D eigenvalue weighted by atomic mass is 16.4. The number of rotatable bonds is 2. The second kappa shape index (κ2) is 3.68. The van der Waals surface area contributed by atoms with Crippen LogP contribution in [0, 0.1) is 5.92 Å². The number of hydrogen-bond acceptors (Lipinski definition) is 5. The number of hydrogen-bond donors (Lipinski definition) is 5. The summed E-state index contributed by atoms with van der Waals surface area (Å²) in [6, 6.07) is -0.444. The summed E-state index contributed by atoms with van der Waals surface area (Å²) in [5.74, 6) is -0.500. The van der Waals surface area contributed by atoms with E-state index >= 15 is 0 Å². The fourth-order valence-electron chi connectivity index (χ4n) is 1.74. The summed E-state index contributed by atoms with van der Waals surface area (Å²) in [4.78, 5) is 0. The topological polar surface area (TPSA) is 93.0 Å². The minimum absolute atomic E-state index is 0.249. The molecule has 1 saturated carbocycles. The van der Waals surface area contributed by atoms with Gasteiger partial charge in [-0.05, 0) is 7.05 Å². The molecule has 0 spiro atoms. The lowest BCUT2D eigenvalue weighted by molar-refractivity contribution is -0.0310. The molecule has 0 saturated heterocycles. The van der Waals surface area contributed by atoms with Crippen molar-refractivity contribution in [1.82, 2.24) is 5.32 Å². The monoisotopic (exact) mass is 177 g/mol. The first kappa shape index (κ1) is 9.88. The lowest BCUT2D eigenvalue weighted by Crippen LogP contribution is -2.41. The molecule has 1 aliphatic carbocycles. The van der Waals surface area contributed by atoms with Crippen molar-refractivity contribution < 1.29 is 20.4 Å². The van der Waals surface area contributed by atoms with Gasteiger partial charge >= 0.3 is 0 Å². The average molecular weight is 177 g/mol.